The van der Waals surface area contributed by atoms with Crippen LogP contribution in [0.15, 0.2) is 29.8 Å². The molecule has 1 amide bonds. The van der Waals surface area contributed by atoms with E-state index in [1.54, 1.807) is 13.2 Å². The van der Waals surface area contributed by atoms with Gasteiger partial charge in [0.1, 0.15) is 0 Å². The zero-order chi connectivity index (χ0) is 13.8. The summed E-state index contributed by atoms with van der Waals surface area (Å²) in [5, 5.41) is 0. The molecule has 2 rings (SSSR count). The number of rotatable bonds is 3. The Morgan fingerprint density at radius 3 is 2.79 bits per heavy atom. The van der Waals surface area contributed by atoms with E-state index >= 15 is 0 Å². The Morgan fingerprint density at radius 2 is 2.21 bits per heavy atom. The minimum absolute atomic E-state index is 0.0446. The van der Waals surface area contributed by atoms with Gasteiger partial charge in [-0.05, 0) is 42.7 Å². The lowest BCUT2D eigenvalue weighted by molar-refractivity contribution is 0.0765. The van der Waals surface area contributed by atoms with Crippen LogP contribution in [0.2, 0.25) is 0 Å². The molecule has 4 nitrogen and oxygen atoms in total. The van der Waals surface area contributed by atoms with Gasteiger partial charge in [-0.3, -0.25) is 4.79 Å². The van der Waals surface area contributed by atoms with Crippen LogP contribution in [-0.4, -0.2) is 37.6 Å². The number of anilines is 1. The Bertz CT molecular complexity index is 489. The van der Waals surface area contributed by atoms with Gasteiger partial charge in [-0.2, -0.15) is 0 Å². The highest BCUT2D eigenvalue weighted by Crippen LogP contribution is 2.17. The molecule has 2 N–H and O–H groups in total. The fraction of sp³-hybridized carbons (Fsp3) is 0.400. The van der Waals surface area contributed by atoms with E-state index in [1.807, 2.05) is 24.0 Å². The minimum Gasteiger partial charge on any atom is -0.399 e. The van der Waals surface area contributed by atoms with Gasteiger partial charge in [-0.25, -0.2) is 0 Å². The lowest BCUT2D eigenvalue weighted by Crippen LogP contribution is -2.35. The monoisotopic (exact) mass is 260 g/mol. The fourth-order valence-electron chi connectivity index (χ4n) is 2.33. The van der Waals surface area contributed by atoms with Crippen LogP contribution in [0, 0.1) is 6.92 Å². The van der Waals surface area contributed by atoms with E-state index in [0.29, 0.717) is 24.4 Å². The first-order valence-corrected chi connectivity index (χ1v) is 6.43. The van der Waals surface area contributed by atoms with Gasteiger partial charge in [0.25, 0.3) is 5.91 Å². The maximum atomic E-state index is 12.4. The highest BCUT2D eigenvalue weighted by Gasteiger charge is 2.19. The van der Waals surface area contributed by atoms with E-state index in [4.69, 9.17) is 10.5 Å². The second kappa shape index (κ2) is 5.89. The Morgan fingerprint density at radius 1 is 1.42 bits per heavy atom. The van der Waals surface area contributed by atoms with Crippen molar-refractivity contribution in [2.75, 3.05) is 32.5 Å². The third-order valence-electron chi connectivity index (χ3n) is 3.27. The largest absolute Gasteiger partial charge is 0.399 e. The average molecular weight is 260 g/mol. The summed E-state index contributed by atoms with van der Waals surface area (Å²) in [5.41, 5.74) is 9.36. The molecule has 1 aliphatic heterocycles. The van der Waals surface area contributed by atoms with Gasteiger partial charge in [0, 0.05) is 31.5 Å². The molecule has 0 spiro atoms. The molecule has 0 saturated heterocycles. The Labute approximate surface area is 113 Å². The molecule has 4 heteroatoms. The summed E-state index contributed by atoms with van der Waals surface area (Å²) in [5.74, 6) is 0.0446. The Balaban J connectivity index is 2.09. The van der Waals surface area contributed by atoms with E-state index < -0.39 is 0 Å². The SMILES string of the molecule is COCC1=CCN(C(=O)c2cc(C)cc(N)c2)CC1. The number of methoxy groups -OCH3 is 1. The number of carbonyl (C=O) groups excluding carboxylic acids is 1. The first-order chi connectivity index (χ1) is 9.10. The van der Waals surface area contributed by atoms with Gasteiger partial charge >= 0.3 is 0 Å². The number of carbonyl (C=O) groups is 1. The van der Waals surface area contributed by atoms with Gasteiger partial charge in [0.05, 0.1) is 6.61 Å². The van der Waals surface area contributed by atoms with Crippen molar-refractivity contribution < 1.29 is 9.53 Å². The predicted octanol–water partition coefficient (Wildman–Crippen LogP) is 2.00. The van der Waals surface area contributed by atoms with E-state index in [-0.39, 0.29) is 5.91 Å². The van der Waals surface area contributed by atoms with Crippen molar-refractivity contribution in [1.82, 2.24) is 4.90 Å². The molecular weight excluding hydrogens is 240 g/mol. The number of ether oxygens (including phenoxy) is 1. The summed E-state index contributed by atoms with van der Waals surface area (Å²) >= 11 is 0. The molecule has 0 aromatic heterocycles. The molecule has 1 aromatic rings. The summed E-state index contributed by atoms with van der Waals surface area (Å²) in [7, 11) is 1.69. The molecule has 1 aromatic carbocycles. The second-order valence-corrected chi connectivity index (χ2v) is 4.93. The molecule has 0 radical (unpaired) electrons. The van der Waals surface area contributed by atoms with Gasteiger partial charge < -0.3 is 15.4 Å². The van der Waals surface area contributed by atoms with E-state index in [9.17, 15) is 4.79 Å². The van der Waals surface area contributed by atoms with Crippen LogP contribution in [0.1, 0.15) is 22.3 Å². The second-order valence-electron chi connectivity index (χ2n) is 4.93. The van der Waals surface area contributed by atoms with Crippen molar-refractivity contribution in [3.8, 4) is 0 Å². The van der Waals surface area contributed by atoms with E-state index in [2.05, 4.69) is 6.08 Å². The van der Waals surface area contributed by atoms with Crippen LogP contribution >= 0.6 is 0 Å². The van der Waals surface area contributed by atoms with Gasteiger partial charge in [-0.15, -0.1) is 0 Å². The van der Waals surface area contributed by atoms with Crippen LogP contribution in [-0.2, 0) is 4.74 Å². The number of hydrogen-bond acceptors (Lipinski definition) is 3. The molecule has 1 heterocycles. The normalized spacial score (nSPS) is 15.3. The van der Waals surface area contributed by atoms with Crippen LogP contribution in [0.3, 0.4) is 0 Å². The Hall–Kier alpha value is -1.81. The topological polar surface area (TPSA) is 55.6 Å². The van der Waals surface area contributed by atoms with Crippen molar-refractivity contribution in [2.24, 2.45) is 0 Å². The number of nitrogens with zero attached hydrogens (tertiary/aromatic N) is 1. The zero-order valence-corrected chi connectivity index (χ0v) is 11.5. The lowest BCUT2D eigenvalue weighted by Gasteiger charge is -2.26. The number of nitrogens with two attached hydrogens (primary N) is 1. The molecule has 0 saturated carbocycles. The third-order valence-corrected chi connectivity index (χ3v) is 3.27. The van der Waals surface area contributed by atoms with Crippen LogP contribution in [0.5, 0.6) is 0 Å². The van der Waals surface area contributed by atoms with Crippen molar-refractivity contribution >= 4 is 11.6 Å². The van der Waals surface area contributed by atoms with Crippen LogP contribution in [0.4, 0.5) is 5.69 Å². The molecular formula is C15H20N2O2. The number of benzene rings is 1. The molecule has 1 aliphatic rings. The van der Waals surface area contributed by atoms with Gasteiger partial charge in [0.15, 0.2) is 0 Å². The summed E-state index contributed by atoms with van der Waals surface area (Å²) in [6, 6.07) is 5.49. The average Bonchev–Trinajstić information content (AvgIpc) is 2.38. The van der Waals surface area contributed by atoms with Crippen LogP contribution < -0.4 is 5.73 Å². The molecule has 0 unspecified atom stereocenters. The molecule has 0 atom stereocenters. The zero-order valence-electron chi connectivity index (χ0n) is 11.5. The molecule has 0 fully saturated rings. The maximum absolute atomic E-state index is 12.4. The summed E-state index contributed by atoms with van der Waals surface area (Å²) in [4.78, 5) is 14.2. The standard InChI is InChI=1S/C15H20N2O2/c1-11-7-13(9-14(16)8-11)15(18)17-5-3-12(4-6-17)10-19-2/h3,7-9H,4-6,10,16H2,1-2H3. The van der Waals surface area contributed by atoms with E-state index in [1.165, 1.54) is 5.57 Å². The first kappa shape index (κ1) is 13.6. The number of amides is 1. The summed E-state index contributed by atoms with van der Waals surface area (Å²) in [6.45, 7) is 3.98. The molecule has 0 aliphatic carbocycles. The lowest BCUT2D eigenvalue weighted by atomic mass is 10.1. The van der Waals surface area contributed by atoms with Crippen molar-refractivity contribution in [1.29, 1.82) is 0 Å². The highest BCUT2D eigenvalue weighted by atomic mass is 16.5. The minimum atomic E-state index is 0.0446. The predicted molar refractivity (Wildman–Crippen MR) is 76.1 cm³/mol. The summed E-state index contributed by atoms with van der Waals surface area (Å²) < 4.78 is 5.10. The smallest absolute Gasteiger partial charge is 0.254 e. The van der Waals surface area contributed by atoms with Gasteiger partial charge in [0.2, 0.25) is 0 Å². The molecule has 19 heavy (non-hydrogen) atoms. The first-order valence-electron chi connectivity index (χ1n) is 6.43. The highest BCUT2D eigenvalue weighted by molar-refractivity contribution is 5.95. The van der Waals surface area contributed by atoms with Gasteiger partial charge in [-0.1, -0.05) is 6.08 Å². The molecule has 102 valence electrons. The maximum Gasteiger partial charge on any atom is 0.254 e. The quantitative estimate of drug-likeness (QED) is 0.668. The fourth-order valence-corrected chi connectivity index (χ4v) is 2.33. The van der Waals surface area contributed by atoms with Crippen molar-refractivity contribution in [3.63, 3.8) is 0 Å². The van der Waals surface area contributed by atoms with Crippen molar-refractivity contribution in [2.45, 2.75) is 13.3 Å². The number of nitrogen functional groups attached to an aromatic ring is 1. The molecule has 0 bridgehead atoms. The number of aryl methyl sites for hydroxylation is 1. The summed E-state index contributed by atoms with van der Waals surface area (Å²) in [6.07, 6.45) is 2.95. The number of hydrogen-bond donors (Lipinski definition) is 1. The van der Waals surface area contributed by atoms with E-state index in [0.717, 1.165) is 18.5 Å². The van der Waals surface area contributed by atoms with Crippen LogP contribution in [0.25, 0.3) is 0 Å². The Kier molecular flexibility index (Phi) is 4.22. The third kappa shape index (κ3) is 3.35. The van der Waals surface area contributed by atoms with Crippen molar-refractivity contribution in [3.05, 3.63) is 41.0 Å².